The Morgan fingerprint density at radius 3 is 2.55 bits per heavy atom. The predicted octanol–water partition coefficient (Wildman–Crippen LogP) is 5.93. The lowest BCUT2D eigenvalue weighted by atomic mass is 9.89. The SMILES string of the molecule is CC(NC(=O)/C(C#N)=C\Nc1ccc(Cl)cc1C(F)(F)F)c1ccc2c(c1)CCCC2. The monoisotopic (exact) mass is 447 g/mol. The molecule has 162 valence electrons. The van der Waals surface area contributed by atoms with Gasteiger partial charge in [0.25, 0.3) is 5.91 Å². The second-order valence-electron chi connectivity index (χ2n) is 7.43. The van der Waals surface area contributed by atoms with Gasteiger partial charge in [-0.2, -0.15) is 18.4 Å². The summed E-state index contributed by atoms with van der Waals surface area (Å²) in [5, 5.41) is 14.4. The lowest BCUT2D eigenvalue weighted by Crippen LogP contribution is -2.28. The zero-order chi connectivity index (χ0) is 22.6. The first kappa shape index (κ1) is 22.7. The third kappa shape index (κ3) is 5.59. The molecule has 0 saturated heterocycles. The Morgan fingerprint density at radius 2 is 1.87 bits per heavy atom. The molecule has 4 nitrogen and oxygen atoms in total. The molecule has 31 heavy (non-hydrogen) atoms. The van der Waals surface area contributed by atoms with Gasteiger partial charge in [0.15, 0.2) is 0 Å². The molecule has 0 aromatic heterocycles. The van der Waals surface area contributed by atoms with Crippen molar-refractivity contribution in [2.24, 2.45) is 0 Å². The highest BCUT2D eigenvalue weighted by atomic mass is 35.5. The van der Waals surface area contributed by atoms with Crippen molar-refractivity contribution in [1.29, 1.82) is 5.26 Å². The maximum atomic E-state index is 13.2. The van der Waals surface area contributed by atoms with Crippen LogP contribution in [-0.2, 0) is 23.8 Å². The van der Waals surface area contributed by atoms with Gasteiger partial charge in [-0.3, -0.25) is 4.79 Å². The smallest absolute Gasteiger partial charge is 0.360 e. The van der Waals surface area contributed by atoms with Crippen molar-refractivity contribution in [3.05, 3.63) is 75.4 Å². The average molecular weight is 448 g/mol. The molecule has 1 aliphatic carbocycles. The summed E-state index contributed by atoms with van der Waals surface area (Å²) >= 11 is 5.66. The third-order valence-corrected chi connectivity index (χ3v) is 5.48. The number of nitrogens with one attached hydrogen (secondary N) is 2. The van der Waals surface area contributed by atoms with E-state index in [1.54, 1.807) is 13.0 Å². The highest BCUT2D eigenvalue weighted by Gasteiger charge is 2.33. The lowest BCUT2D eigenvalue weighted by molar-refractivity contribution is -0.136. The van der Waals surface area contributed by atoms with Crippen molar-refractivity contribution in [3.63, 3.8) is 0 Å². The number of nitriles is 1. The van der Waals surface area contributed by atoms with Gasteiger partial charge in [0, 0.05) is 11.2 Å². The number of anilines is 1. The number of halogens is 4. The summed E-state index contributed by atoms with van der Waals surface area (Å²) in [5.41, 5.74) is 1.87. The zero-order valence-electron chi connectivity index (χ0n) is 16.8. The molecule has 0 saturated carbocycles. The van der Waals surface area contributed by atoms with Crippen LogP contribution in [0.2, 0.25) is 5.02 Å². The molecule has 0 fully saturated rings. The van der Waals surface area contributed by atoms with E-state index in [2.05, 4.69) is 22.8 Å². The number of carbonyl (C=O) groups is 1. The third-order valence-electron chi connectivity index (χ3n) is 5.24. The zero-order valence-corrected chi connectivity index (χ0v) is 17.6. The van der Waals surface area contributed by atoms with Gasteiger partial charge >= 0.3 is 6.18 Å². The molecular formula is C23H21ClF3N3O. The van der Waals surface area contributed by atoms with Crippen LogP contribution < -0.4 is 10.6 Å². The normalized spacial score (nSPS) is 14.9. The molecule has 0 aliphatic heterocycles. The molecule has 0 spiro atoms. The summed E-state index contributed by atoms with van der Waals surface area (Å²) < 4.78 is 39.6. The van der Waals surface area contributed by atoms with Crippen LogP contribution in [0.3, 0.4) is 0 Å². The van der Waals surface area contributed by atoms with Crippen LogP contribution in [0.15, 0.2) is 48.2 Å². The van der Waals surface area contributed by atoms with Gasteiger partial charge in [-0.15, -0.1) is 0 Å². The van der Waals surface area contributed by atoms with Gasteiger partial charge in [0.1, 0.15) is 11.6 Å². The number of hydrogen-bond acceptors (Lipinski definition) is 3. The van der Waals surface area contributed by atoms with Crippen molar-refractivity contribution < 1.29 is 18.0 Å². The van der Waals surface area contributed by atoms with Crippen molar-refractivity contribution in [1.82, 2.24) is 5.32 Å². The number of fused-ring (bicyclic) bond motifs is 1. The molecule has 1 aliphatic rings. The largest absolute Gasteiger partial charge is 0.418 e. The molecule has 8 heteroatoms. The van der Waals surface area contributed by atoms with E-state index in [0.29, 0.717) is 0 Å². The second kappa shape index (κ2) is 9.44. The van der Waals surface area contributed by atoms with Gasteiger partial charge < -0.3 is 10.6 Å². The van der Waals surface area contributed by atoms with E-state index < -0.39 is 17.6 Å². The van der Waals surface area contributed by atoms with Crippen LogP contribution in [0, 0.1) is 11.3 Å². The number of hydrogen-bond donors (Lipinski definition) is 2. The number of rotatable bonds is 5. The highest BCUT2D eigenvalue weighted by Crippen LogP contribution is 2.36. The number of carbonyl (C=O) groups excluding carboxylic acids is 1. The van der Waals surface area contributed by atoms with Crippen LogP contribution in [0.1, 0.15) is 48.1 Å². The molecular weight excluding hydrogens is 427 g/mol. The number of nitrogens with zero attached hydrogens (tertiary/aromatic N) is 1. The first-order chi connectivity index (χ1) is 14.7. The second-order valence-corrected chi connectivity index (χ2v) is 7.87. The fraction of sp³-hybridized carbons (Fsp3) is 0.304. The molecule has 0 radical (unpaired) electrons. The van der Waals surface area contributed by atoms with Gasteiger partial charge in [-0.05, 0) is 67.5 Å². The van der Waals surface area contributed by atoms with E-state index in [1.165, 1.54) is 23.6 Å². The summed E-state index contributed by atoms with van der Waals surface area (Å²) in [7, 11) is 0. The van der Waals surface area contributed by atoms with Crippen LogP contribution >= 0.6 is 11.6 Å². The van der Waals surface area contributed by atoms with Crippen LogP contribution in [0.5, 0.6) is 0 Å². The molecule has 1 atom stereocenters. The summed E-state index contributed by atoms with van der Waals surface area (Å²) in [4.78, 5) is 12.5. The van der Waals surface area contributed by atoms with Gasteiger partial charge in [-0.1, -0.05) is 29.8 Å². The molecule has 1 amide bonds. The highest BCUT2D eigenvalue weighted by molar-refractivity contribution is 6.30. The minimum atomic E-state index is -4.64. The van der Waals surface area contributed by atoms with E-state index in [-0.39, 0.29) is 22.3 Å². The van der Waals surface area contributed by atoms with Crippen LogP contribution in [-0.4, -0.2) is 5.91 Å². The minimum absolute atomic E-state index is 0.0704. The molecule has 1 unspecified atom stereocenters. The quantitative estimate of drug-likeness (QED) is 0.440. The summed E-state index contributed by atoms with van der Waals surface area (Å²) in [6.07, 6.45) is 0.679. The maximum Gasteiger partial charge on any atom is 0.418 e. The molecule has 2 aromatic rings. The Hall–Kier alpha value is -2.98. The first-order valence-corrected chi connectivity index (χ1v) is 10.2. The van der Waals surface area contributed by atoms with E-state index in [4.69, 9.17) is 11.6 Å². The predicted molar refractivity (Wildman–Crippen MR) is 113 cm³/mol. The van der Waals surface area contributed by atoms with Crippen molar-refractivity contribution in [3.8, 4) is 6.07 Å². The molecule has 0 bridgehead atoms. The average Bonchev–Trinajstić information content (AvgIpc) is 2.74. The van der Waals surface area contributed by atoms with E-state index in [1.807, 2.05) is 6.07 Å². The van der Waals surface area contributed by atoms with E-state index in [9.17, 15) is 23.2 Å². The molecule has 2 N–H and O–H groups in total. The Bertz CT molecular complexity index is 1060. The van der Waals surface area contributed by atoms with E-state index in [0.717, 1.165) is 43.2 Å². The lowest BCUT2D eigenvalue weighted by Gasteiger charge is -2.20. The standard InChI is InChI=1S/C23H21ClF3N3O/c1-14(16-7-6-15-4-2-3-5-17(15)10-16)30-22(31)18(12-28)13-29-21-9-8-19(24)11-20(21)23(25,26)27/h6-11,13-14,29H,2-5H2,1H3,(H,30,31)/b18-13-. The number of amides is 1. The van der Waals surface area contributed by atoms with Crippen molar-refractivity contribution in [2.75, 3.05) is 5.32 Å². The first-order valence-electron chi connectivity index (χ1n) is 9.85. The number of aryl methyl sites for hydroxylation is 2. The van der Waals surface area contributed by atoms with Crippen LogP contribution in [0.25, 0.3) is 0 Å². The topological polar surface area (TPSA) is 64.9 Å². The minimum Gasteiger partial charge on any atom is -0.360 e. The fourth-order valence-corrected chi connectivity index (χ4v) is 3.73. The Labute approximate surface area is 183 Å². The van der Waals surface area contributed by atoms with Crippen molar-refractivity contribution >= 4 is 23.2 Å². The Kier molecular flexibility index (Phi) is 6.91. The van der Waals surface area contributed by atoms with E-state index >= 15 is 0 Å². The summed E-state index contributed by atoms with van der Waals surface area (Å²) in [5.74, 6) is -0.678. The van der Waals surface area contributed by atoms with Crippen LogP contribution in [0.4, 0.5) is 18.9 Å². The number of benzene rings is 2. The van der Waals surface area contributed by atoms with Gasteiger partial charge in [-0.25, -0.2) is 0 Å². The van der Waals surface area contributed by atoms with Gasteiger partial charge in [0.05, 0.1) is 17.3 Å². The van der Waals surface area contributed by atoms with Crippen molar-refractivity contribution in [2.45, 2.75) is 44.8 Å². The summed E-state index contributed by atoms with van der Waals surface area (Å²) in [6.45, 7) is 1.80. The molecule has 2 aromatic carbocycles. The maximum absolute atomic E-state index is 13.2. The van der Waals surface area contributed by atoms with Gasteiger partial charge in [0.2, 0.25) is 0 Å². The molecule has 3 rings (SSSR count). The summed E-state index contributed by atoms with van der Waals surface area (Å²) in [6, 6.07) is 10.7. The molecule has 0 heterocycles. The fourth-order valence-electron chi connectivity index (χ4n) is 3.56. The number of alkyl halides is 3. The Morgan fingerprint density at radius 1 is 1.16 bits per heavy atom. The Balaban J connectivity index is 1.73.